The lowest BCUT2D eigenvalue weighted by Gasteiger charge is -2.02. The Morgan fingerprint density at radius 1 is 1.55 bits per heavy atom. The predicted octanol–water partition coefficient (Wildman–Crippen LogP) is 1.23. The number of hydrogen-bond acceptors (Lipinski definition) is 3. The van der Waals surface area contributed by atoms with E-state index in [1.165, 1.54) is 0 Å². The van der Waals surface area contributed by atoms with Gasteiger partial charge in [0.05, 0.1) is 0 Å². The van der Waals surface area contributed by atoms with E-state index >= 15 is 0 Å². The zero-order valence-electron chi connectivity index (χ0n) is 7.35. The van der Waals surface area contributed by atoms with Crippen molar-refractivity contribution in [2.24, 2.45) is 10.7 Å². The van der Waals surface area contributed by atoms with E-state index < -0.39 is 0 Å². The molecule has 0 aliphatic heterocycles. The van der Waals surface area contributed by atoms with Gasteiger partial charge in [-0.15, -0.1) is 0 Å². The second-order valence-corrected chi connectivity index (χ2v) is 2.46. The molecule has 0 fully saturated rings. The Morgan fingerprint density at radius 3 is 2.55 bits per heavy atom. The standard InChI is InChI=1S/C8H17N3/c1-3-7(10)6-8(11-2)4-5-9/h10H,3-6,9H2,1-2H3. The normalized spacial score (nSPS) is 11.7. The number of hydrogen-bond donors (Lipinski definition) is 2. The molecule has 0 amide bonds. The highest BCUT2D eigenvalue weighted by atomic mass is 14.7. The topological polar surface area (TPSA) is 62.2 Å². The van der Waals surface area contributed by atoms with Gasteiger partial charge in [0.2, 0.25) is 0 Å². The smallest absolute Gasteiger partial charge is 0.0276 e. The first kappa shape index (κ1) is 10.3. The predicted molar refractivity (Wildman–Crippen MR) is 49.7 cm³/mol. The second kappa shape index (κ2) is 6.04. The summed E-state index contributed by atoms with van der Waals surface area (Å²) < 4.78 is 0. The van der Waals surface area contributed by atoms with Crippen molar-refractivity contribution in [2.75, 3.05) is 13.6 Å². The van der Waals surface area contributed by atoms with Crippen LogP contribution >= 0.6 is 0 Å². The number of aliphatic imine (C=N–C) groups is 1. The van der Waals surface area contributed by atoms with E-state index in [0.717, 1.165) is 24.3 Å². The molecule has 11 heavy (non-hydrogen) atoms. The molecule has 0 radical (unpaired) electrons. The van der Waals surface area contributed by atoms with Crippen molar-refractivity contribution in [3.8, 4) is 0 Å². The van der Waals surface area contributed by atoms with Gasteiger partial charge in [-0.2, -0.15) is 0 Å². The second-order valence-electron chi connectivity index (χ2n) is 2.46. The van der Waals surface area contributed by atoms with Crippen LogP contribution in [0.25, 0.3) is 0 Å². The third-order valence-electron chi connectivity index (χ3n) is 1.59. The average Bonchev–Trinajstić information content (AvgIpc) is 2.03. The monoisotopic (exact) mass is 155 g/mol. The van der Waals surface area contributed by atoms with Gasteiger partial charge in [0, 0.05) is 24.9 Å². The van der Waals surface area contributed by atoms with Crippen LogP contribution in [0, 0.1) is 5.41 Å². The molecule has 0 heterocycles. The van der Waals surface area contributed by atoms with Gasteiger partial charge in [0.1, 0.15) is 0 Å². The Bertz CT molecular complexity index is 149. The minimum Gasteiger partial charge on any atom is -0.330 e. The summed E-state index contributed by atoms with van der Waals surface area (Å²) in [4.78, 5) is 4.06. The van der Waals surface area contributed by atoms with E-state index in [2.05, 4.69) is 4.99 Å². The molecule has 0 rings (SSSR count). The van der Waals surface area contributed by atoms with E-state index in [1.807, 2.05) is 6.92 Å². The zero-order valence-corrected chi connectivity index (χ0v) is 7.35. The summed E-state index contributed by atoms with van der Waals surface area (Å²) >= 11 is 0. The van der Waals surface area contributed by atoms with E-state index in [9.17, 15) is 0 Å². The van der Waals surface area contributed by atoms with Crippen LogP contribution < -0.4 is 5.73 Å². The van der Waals surface area contributed by atoms with Crippen LogP contribution in [-0.4, -0.2) is 25.0 Å². The summed E-state index contributed by atoms with van der Waals surface area (Å²) in [6.45, 7) is 2.61. The van der Waals surface area contributed by atoms with Crippen molar-refractivity contribution in [1.29, 1.82) is 5.41 Å². The maximum absolute atomic E-state index is 7.43. The SMILES string of the molecule is CCC(=N)CC(CCN)=NC. The molecule has 0 atom stereocenters. The lowest BCUT2D eigenvalue weighted by atomic mass is 10.1. The van der Waals surface area contributed by atoms with Gasteiger partial charge in [-0.3, -0.25) is 4.99 Å². The van der Waals surface area contributed by atoms with E-state index in [-0.39, 0.29) is 0 Å². The van der Waals surface area contributed by atoms with Gasteiger partial charge in [-0.05, 0) is 19.4 Å². The average molecular weight is 155 g/mol. The van der Waals surface area contributed by atoms with Gasteiger partial charge in [-0.25, -0.2) is 0 Å². The Kier molecular flexibility index (Phi) is 5.65. The third kappa shape index (κ3) is 4.67. The molecule has 3 nitrogen and oxygen atoms in total. The van der Waals surface area contributed by atoms with Gasteiger partial charge in [0.15, 0.2) is 0 Å². The molecule has 0 aromatic rings. The fourth-order valence-electron chi connectivity index (χ4n) is 0.817. The highest BCUT2D eigenvalue weighted by molar-refractivity contribution is 6.03. The Labute approximate surface area is 68.2 Å². The summed E-state index contributed by atoms with van der Waals surface area (Å²) in [5, 5.41) is 7.43. The van der Waals surface area contributed by atoms with E-state index in [0.29, 0.717) is 13.0 Å². The first-order chi connectivity index (χ1) is 5.24. The summed E-state index contributed by atoms with van der Waals surface area (Å²) in [7, 11) is 1.76. The van der Waals surface area contributed by atoms with Crippen LogP contribution in [0.15, 0.2) is 4.99 Å². The van der Waals surface area contributed by atoms with Crippen LogP contribution in [0.3, 0.4) is 0 Å². The Hall–Kier alpha value is -0.700. The highest BCUT2D eigenvalue weighted by Crippen LogP contribution is 1.96. The first-order valence-corrected chi connectivity index (χ1v) is 3.95. The molecular formula is C8H17N3. The summed E-state index contributed by atoms with van der Waals surface area (Å²) in [6, 6.07) is 0. The van der Waals surface area contributed by atoms with Crippen LogP contribution in [0.5, 0.6) is 0 Å². The Morgan fingerprint density at radius 2 is 2.18 bits per heavy atom. The molecule has 0 spiro atoms. The summed E-state index contributed by atoms with van der Waals surface area (Å²) in [5.41, 5.74) is 7.15. The van der Waals surface area contributed by atoms with Crippen molar-refractivity contribution in [2.45, 2.75) is 26.2 Å². The Balaban J connectivity index is 3.79. The molecule has 0 saturated carbocycles. The van der Waals surface area contributed by atoms with Gasteiger partial charge >= 0.3 is 0 Å². The van der Waals surface area contributed by atoms with E-state index in [4.69, 9.17) is 11.1 Å². The number of nitrogens with one attached hydrogen (secondary N) is 1. The molecule has 0 aromatic carbocycles. The fraction of sp³-hybridized carbons (Fsp3) is 0.750. The van der Waals surface area contributed by atoms with Crippen LogP contribution in [0.2, 0.25) is 0 Å². The van der Waals surface area contributed by atoms with E-state index in [1.54, 1.807) is 7.05 Å². The fourth-order valence-corrected chi connectivity index (χ4v) is 0.817. The molecule has 3 heteroatoms. The molecule has 0 saturated heterocycles. The third-order valence-corrected chi connectivity index (χ3v) is 1.59. The van der Waals surface area contributed by atoms with Gasteiger partial charge in [-0.1, -0.05) is 6.92 Å². The molecule has 64 valence electrons. The first-order valence-electron chi connectivity index (χ1n) is 3.95. The number of rotatable bonds is 5. The lowest BCUT2D eigenvalue weighted by Crippen LogP contribution is -2.11. The molecule has 3 N–H and O–H groups in total. The maximum atomic E-state index is 7.43. The largest absolute Gasteiger partial charge is 0.330 e. The summed E-state index contributed by atoms with van der Waals surface area (Å²) in [6.07, 6.45) is 2.33. The molecule has 0 aromatic heterocycles. The molecule has 0 unspecified atom stereocenters. The number of nitrogens with two attached hydrogens (primary N) is 1. The highest BCUT2D eigenvalue weighted by Gasteiger charge is 1.99. The summed E-state index contributed by atoms with van der Waals surface area (Å²) in [5.74, 6) is 0. The quantitative estimate of drug-likeness (QED) is 0.576. The number of nitrogens with zero attached hydrogens (tertiary/aromatic N) is 1. The van der Waals surface area contributed by atoms with Crippen LogP contribution in [0.1, 0.15) is 26.2 Å². The van der Waals surface area contributed by atoms with Crippen LogP contribution in [0.4, 0.5) is 0 Å². The maximum Gasteiger partial charge on any atom is 0.0276 e. The molecule has 0 aliphatic rings. The molecule has 0 bridgehead atoms. The van der Waals surface area contributed by atoms with Crippen molar-refractivity contribution in [1.82, 2.24) is 0 Å². The molecular weight excluding hydrogens is 138 g/mol. The van der Waals surface area contributed by atoms with Crippen molar-refractivity contribution in [3.63, 3.8) is 0 Å². The minimum absolute atomic E-state index is 0.629. The minimum atomic E-state index is 0.629. The molecule has 0 aliphatic carbocycles. The van der Waals surface area contributed by atoms with Gasteiger partial charge < -0.3 is 11.1 Å². The van der Waals surface area contributed by atoms with Crippen molar-refractivity contribution < 1.29 is 0 Å². The zero-order chi connectivity index (χ0) is 8.69. The van der Waals surface area contributed by atoms with Crippen LogP contribution in [-0.2, 0) is 0 Å². The lowest BCUT2D eigenvalue weighted by molar-refractivity contribution is 1.02. The van der Waals surface area contributed by atoms with Crippen molar-refractivity contribution >= 4 is 11.4 Å². The van der Waals surface area contributed by atoms with Crippen molar-refractivity contribution in [3.05, 3.63) is 0 Å². The van der Waals surface area contributed by atoms with Gasteiger partial charge in [0.25, 0.3) is 0 Å².